The Morgan fingerprint density at radius 3 is 2.71 bits per heavy atom. The quantitative estimate of drug-likeness (QED) is 0.632. The third kappa shape index (κ3) is 3.70. The first-order valence-corrected chi connectivity index (χ1v) is 6.25. The lowest BCUT2D eigenvalue weighted by molar-refractivity contribution is 0.567. The molecule has 78 valence electrons. The number of halogens is 1. The predicted octanol–water partition coefficient (Wildman–Crippen LogP) is 3.62. The molecule has 0 amide bonds. The molecule has 0 saturated heterocycles. The fourth-order valence-corrected chi connectivity index (χ4v) is 1.80. The van der Waals surface area contributed by atoms with Crippen LogP contribution in [-0.2, 0) is 6.42 Å². The second-order valence-electron chi connectivity index (χ2n) is 3.85. The molecule has 0 fully saturated rings. The zero-order chi connectivity index (χ0) is 10.4. The number of nitrogens with two attached hydrogens (primary N) is 1. The molecule has 1 nitrogen and oxygen atoms in total. The van der Waals surface area contributed by atoms with Gasteiger partial charge in [0.25, 0.3) is 0 Å². The van der Waals surface area contributed by atoms with Gasteiger partial charge in [0.2, 0.25) is 0 Å². The summed E-state index contributed by atoms with van der Waals surface area (Å²) < 4.78 is 0. The lowest BCUT2D eigenvalue weighted by Gasteiger charge is -2.08. The van der Waals surface area contributed by atoms with E-state index in [0.29, 0.717) is 0 Å². The fourth-order valence-electron chi connectivity index (χ4n) is 1.48. The summed E-state index contributed by atoms with van der Waals surface area (Å²) in [6.07, 6.45) is 3.59. The molecule has 14 heavy (non-hydrogen) atoms. The lowest BCUT2D eigenvalue weighted by Crippen LogP contribution is -1.98. The number of hydrogen-bond donors (Lipinski definition) is 1. The van der Waals surface area contributed by atoms with Crippen LogP contribution in [0, 0.1) is 5.92 Å². The lowest BCUT2D eigenvalue weighted by atomic mass is 10.0. The maximum atomic E-state index is 5.86. The van der Waals surface area contributed by atoms with Crippen LogP contribution in [0.3, 0.4) is 0 Å². The maximum Gasteiger partial charge on any atom is 0.0346 e. The van der Waals surface area contributed by atoms with Crippen molar-refractivity contribution in [1.29, 1.82) is 0 Å². The first-order chi connectivity index (χ1) is 6.74. The summed E-state index contributed by atoms with van der Waals surface area (Å²) >= 11 is 3.49. The largest absolute Gasteiger partial charge is 0.399 e. The van der Waals surface area contributed by atoms with Gasteiger partial charge in [-0.05, 0) is 36.8 Å². The van der Waals surface area contributed by atoms with E-state index in [1.54, 1.807) is 0 Å². The average molecular weight is 256 g/mol. The van der Waals surface area contributed by atoms with Crippen molar-refractivity contribution in [2.45, 2.75) is 26.2 Å². The minimum absolute atomic E-state index is 0.764. The molecule has 1 aromatic carbocycles. The summed E-state index contributed by atoms with van der Waals surface area (Å²) in [6.45, 7) is 2.27. The van der Waals surface area contributed by atoms with Gasteiger partial charge in [-0.15, -0.1) is 0 Å². The van der Waals surface area contributed by atoms with E-state index in [4.69, 9.17) is 5.73 Å². The molecular weight excluding hydrogens is 238 g/mol. The summed E-state index contributed by atoms with van der Waals surface area (Å²) in [7, 11) is 0. The highest BCUT2D eigenvalue weighted by Crippen LogP contribution is 2.16. The topological polar surface area (TPSA) is 26.0 Å². The normalized spacial score (nSPS) is 12.7. The smallest absolute Gasteiger partial charge is 0.0346 e. The van der Waals surface area contributed by atoms with Gasteiger partial charge >= 0.3 is 0 Å². The van der Waals surface area contributed by atoms with E-state index in [2.05, 4.69) is 35.0 Å². The van der Waals surface area contributed by atoms with Crippen LogP contribution >= 0.6 is 15.9 Å². The minimum Gasteiger partial charge on any atom is -0.399 e. The average Bonchev–Trinajstić information content (AvgIpc) is 2.20. The molecule has 0 radical (unpaired) electrons. The van der Waals surface area contributed by atoms with Crippen LogP contribution in [0.25, 0.3) is 0 Å². The third-order valence-corrected chi connectivity index (χ3v) is 3.57. The van der Waals surface area contributed by atoms with Crippen LogP contribution in [0.4, 0.5) is 5.69 Å². The molecule has 0 spiro atoms. The van der Waals surface area contributed by atoms with Gasteiger partial charge in [0.15, 0.2) is 0 Å². The summed E-state index contributed by atoms with van der Waals surface area (Å²) in [5.41, 5.74) is 8.08. The first-order valence-electron chi connectivity index (χ1n) is 5.13. The molecule has 1 aromatic rings. The van der Waals surface area contributed by atoms with Crippen LogP contribution in [-0.4, -0.2) is 5.33 Å². The van der Waals surface area contributed by atoms with Crippen LogP contribution in [0.15, 0.2) is 24.3 Å². The Labute approximate surface area is 94.8 Å². The highest BCUT2D eigenvalue weighted by molar-refractivity contribution is 9.09. The Bertz CT molecular complexity index is 273. The molecular formula is C12H18BrN. The van der Waals surface area contributed by atoms with Crippen molar-refractivity contribution in [3.8, 4) is 0 Å². The molecule has 1 unspecified atom stereocenters. The monoisotopic (exact) mass is 255 g/mol. The number of alkyl halides is 1. The Hall–Kier alpha value is -0.500. The molecule has 0 aliphatic heterocycles. The zero-order valence-electron chi connectivity index (χ0n) is 8.67. The van der Waals surface area contributed by atoms with Gasteiger partial charge in [0, 0.05) is 11.0 Å². The van der Waals surface area contributed by atoms with E-state index >= 15 is 0 Å². The van der Waals surface area contributed by atoms with Gasteiger partial charge in [-0.2, -0.15) is 0 Å². The van der Waals surface area contributed by atoms with Crippen LogP contribution < -0.4 is 5.73 Å². The predicted molar refractivity (Wildman–Crippen MR) is 66.8 cm³/mol. The van der Waals surface area contributed by atoms with Crippen molar-refractivity contribution in [3.05, 3.63) is 29.8 Å². The minimum atomic E-state index is 0.764. The van der Waals surface area contributed by atoms with Gasteiger partial charge in [0.1, 0.15) is 0 Å². The summed E-state index contributed by atoms with van der Waals surface area (Å²) in [6, 6.07) is 8.14. The van der Waals surface area contributed by atoms with Crippen molar-refractivity contribution in [1.82, 2.24) is 0 Å². The molecule has 1 rings (SSSR count). The van der Waals surface area contributed by atoms with Gasteiger partial charge in [-0.1, -0.05) is 41.1 Å². The molecule has 0 bridgehead atoms. The van der Waals surface area contributed by atoms with E-state index < -0.39 is 0 Å². The van der Waals surface area contributed by atoms with E-state index in [1.165, 1.54) is 18.4 Å². The summed E-state index contributed by atoms with van der Waals surface area (Å²) in [5.74, 6) is 0.764. The molecule has 0 saturated carbocycles. The number of benzene rings is 1. The van der Waals surface area contributed by atoms with Gasteiger partial charge in [-0.3, -0.25) is 0 Å². The van der Waals surface area contributed by atoms with Gasteiger partial charge in [0.05, 0.1) is 0 Å². The molecule has 0 aromatic heterocycles. The van der Waals surface area contributed by atoms with Crippen LogP contribution in [0.1, 0.15) is 25.3 Å². The molecule has 0 aliphatic rings. The Morgan fingerprint density at radius 1 is 1.36 bits per heavy atom. The zero-order valence-corrected chi connectivity index (χ0v) is 10.3. The van der Waals surface area contributed by atoms with Crippen LogP contribution in [0.2, 0.25) is 0 Å². The Kier molecular flexibility index (Phi) is 5.02. The standard InChI is InChI=1S/C12H18BrN/c1-10(9-13)5-4-7-11-6-2-3-8-12(11)14/h2-3,6,8,10H,4-5,7,9,14H2,1H3. The molecule has 2 heteroatoms. The van der Waals surface area contributed by atoms with Crippen molar-refractivity contribution < 1.29 is 0 Å². The number of anilines is 1. The SMILES string of the molecule is CC(CBr)CCCc1ccccc1N. The van der Waals surface area contributed by atoms with Crippen molar-refractivity contribution in [2.24, 2.45) is 5.92 Å². The van der Waals surface area contributed by atoms with Crippen molar-refractivity contribution >= 4 is 21.6 Å². The first kappa shape index (κ1) is 11.6. The second-order valence-corrected chi connectivity index (χ2v) is 4.50. The molecule has 2 N–H and O–H groups in total. The Morgan fingerprint density at radius 2 is 2.07 bits per heavy atom. The van der Waals surface area contributed by atoms with Crippen molar-refractivity contribution in [2.75, 3.05) is 11.1 Å². The maximum absolute atomic E-state index is 5.86. The van der Waals surface area contributed by atoms with E-state index in [-0.39, 0.29) is 0 Å². The van der Waals surface area contributed by atoms with E-state index in [1.807, 2.05) is 12.1 Å². The molecule has 1 atom stereocenters. The Balaban J connectivity index is 2.35. The van der Waals surface area contributed by atoms with Crippen LogP contribution in [0.5, 0.6) is 0 Å². The van der Waals surface area contributed by atoms with Gasteiger partial charge in [-0.25, -0.2) is 0 Å². The number of aryl methyl sites for hydroxylation is 1. The van der Waals surface area contributed by atoms with E-state index in [0.717, 1.165) is 23.4 Å². The summed E-state index contributed by atoms with van der Waals surface area (Å²) in [5, 5.41) is 1.09. The fraction of sp³-hybridized carbons (Fsp3) is 0.500. The highest BCUT2D eigenvalue weighted by Gasteiger charge is 2.01. The number of hydrogen-bond acceptors (Lipinski definition) is 1. The third-order valence-electron chi connectivity index (χ3n) is 2.46. The number of nitrogen functional groups attached to an aromatic ring is 1. The van der Waals surface area contributed by atoms with Crippen molar-refractivity contribution in [3.63, 3.8) is 0 Å². The molecule has 0 heterocycles. The summed E-state index contributed by atoms with van der Waals surface area (Å²) in [4.78, 5) is 0. The highest BCUT2D eigenvalue weighted by atomic mass is 79.9. The second kappa shape index (κ2) is 6.07. The number of para-hydroxylation sites is 1. The molecule has 0 aliphatic carbocycles. The van der Waals surface area contributed by atoms with E-state index in [9.17, 15) is 0 Å². The van der Waals surface area contributed by atoms with Gasteiger partial charge < -0.3 is 5.73 Å². The number of rotatable bonds is 5.